The number of carboxylic acids is 1. The second-order valence-electron chi connectivity index (χ2n) is 5.62. The lowest BCUT2D eigenvalue weighted by Crippen LogP contribution is -2.06. The molecular weight excluding hydrogens is 404 g/mol. The topological polar surface area (TPSA) is 55.1 Å². The fraction of sp³-hybridized carbons (Fsp3) is 0.158. The van der Waals surface area contributed by atoms with E-state index in [1.165, 1.54) is 0 Å². The van der Waals surface area contributed by atoms with Crippen molar-refractivity contribution in [2.45, 2.75) is 19.8 Å². The van der Waals surface area contributed by atoms with Crippen molar-refractivity contribution in [1.29, 1.82) is 0 Å². The van der Waals surface area contributed by atoms with Gasteiger partial charge in [-0.1, -0.05) is 59.1 Å². The summed E-state index contributed by atoms with van der Waals surface area (Å²) in [6, 6.07) is 14.7. The molecule has 0 aliphatic heterocycles. The molecule has 0 radical (unpaired) electrons. The maximum atomic E-state index is 12.0. The van der Waals surface area contributed by atoms with Gasteiger partial charge in [-0.2, -0.15) is 5.10 Å². The Morgan fingerprint density at radius 2 is 1.96 bits per heavy atom. The average Bonchev–Trinajstić information content (AvgIpc) is 2.95. The van der Waals surface area contributed by atoms with Crippen molar-refractivity contribution in [3.05, 3.63) is 69.3 Å². The number of rotatable bonds is 5. The Morgan fingerprint density at radius 1 is 1.24 bits per heavy atom. The van der Waals surface area contributed by atoms with E-state index in [0.29, 0.717) is 22.8 Å². The zero-order chi connectivity index (χ0) is 18.0. The molecule has 0 amide bonds. The molecule has 2 aromatic carbocycles. The Labute approximate surface area is 159 Å². The highest BCUT2D eigenvalue weighted by atomic mass is 79.9. The SMILES string of the molecule is CCCc1c(C(=O)O)c(-c2ccc(Cl)cc2)nn1-c1cccc(Br)c1. The lowest BCUT2D eigenvalue weighted by molar-refractivity contribution is 0.0696. The van der Waals surface area contributed by atoms with Crippen LogP contribution < -0.4 is 0 Å². The number of halogens is 2. The third-order valence-electron chi connectivity index (χ3n) is 3.85. The van der Waals surface area contributed by atoms with Crippen molar-refractivity contribution in [1.82, 2.24) is 9.78 Å². The Hall–Kier alpha value is -2.11. The molecule has 3 aromatic rings. The van der Waals surface area contributed by atoms with Gasteiger partial charge in [0.2, 0.25) is 0 Å². The Kier molecular flexibility index (Phi) is 5.25. The van der Waals surface area contributed by atoms with E-state index in [1.54, 1.807) is 28.9 Å². The van der Waals surface area contributed by atoms with Gasteiger partial charge >= 0.3 is 5.97 Å². The fourth-order valence-electron chi connectivity index (χ4n) is 2.78. The molecule has 3 rings (SSSR count). The second-order valence-corrected chi connectivity index (χ2v) is 6.98. The average molecular weight is 420 g/mol. The standard InChI is InChI=1S/C19H16BrClN2O2/c1-2-4-16-17(19(24)25)18(12-7-9-14(21)10-8-12)22-23(16)15-6-3-5-13(20)11-15/h3,5-11H,2,4H2,1H3,(H,24,25). The first-order chi connectivity index (χ1) is 12.0. The van der Waals surface area contributed by atoms with Gasteiger partial charge in [0, 0.05) is 15.1 Å². The molecule has 4 nitrogen and oxygen atoms in total. The molecule has 1 aromatic heterocycles. The molecule has 128 valence electrons. The molecule has 0 bridgehead atoms. The highest BCUT2D eigenvalue weighted by Crippen LogP contribution is 2.30. The van der Waals surface area contributed by atoms with E-state index in [2.05, 4.69) is 21.0 Å². The summed E-state index contributed by atoms with van der Waals surface area (Å²) in [6.07, 6.45) is 1.44. The van der Waals surface area contributed by atoms with Crippen LogP contribution in [0.25, 0.3) is 16.9 Å². The monoisotopic (exact) mass is 418 g/mol. The van der Waals surface area contributed by atoms with E-state index in [9.17, 15) is 9.90 Å². The van der Waals surface area contributed by atoms with Crippen molar-refractivity contribution < 1.29 is 9.90 Å². The van der Waals surface area contributed by atoms with Crippen LogP contribution in [0, 0.1) is 0 Å². The van der Waals surface area contributed by atoms with Crippen LogP contribution in [0.4, 0.5) is 0 Å². The van der Waals surface area contributed by atoms with Gasteiger partial charge in [-0.15, -0.1) is 0 Å². The number of carbonyl (C=O) groups is 1. The van der Waals surface area contributed by atoms with E-state index in [0.717, 1.165) is 22.1 Å². The molecule has 0 unspecified atom stereocenters. The summed E-state index contributed by atoms with van der Waals surface area (Å²) in [5.74, 6) is -0.977. The summed E-state index contributed by atoms with van der Waals surface area (Å²) in [4.78, 5) is 12.0. The van der Waals surface area contributed by atoms with Crippen molar-refractivity contribution >= 4 is 33.5 Å². The molecule has 0 fully saturated rings. The molecule has 0 saturated heterocycles. The van der Waals surface area contributed by atoms with Crippen molar-refractivity contribution in [3.63, 3.8) is 0 Å². The van der Waals surface area contributed by atoms with Crippen molar-refractivity contribution in [2.75, 3.05) is 0 Å². The van der Waals surface area contributed by atoms with E-state index < -0.39 is 5.97 Å². The third kappa shape index (κ3) is 3.62. The first-order valence-electron chi connectivity index (χ1n) is 7.88. The highest BCUT2D eigenvalue weighted by molar-refractivity contribution is 9.10. The van der Waals surface area contributed by atoms with E-state index in [4.69, 9.17) is 11.6 Å². The van der Waals surface area contributed by atoms with Gasteiger partial charge in [0.05, 0.1) is 11.4 Å². The van der Waals surface area contributed by atoms with E-state index in [-0.39, 0.29) is 5.56 Å². The molecule has 0 spiro atoms. The molecule has 0 atom stereocenters. The quantitative estimate of drug-likeness (QED) is 0.585. The molecule has 0 aliphatic carbocycles. The predicted octanol–water partition coefficient (Wildman–Crippen LogP) is 5.61. The minimum absolute atomic E-state index is 0.240. The number of benzene rings is 2. The van der Waals surface area contributed by atoms with Gasteiger partial charge in [-0.05, 0) is 36.8 Å². The van der Waals surface area contributed by atoms with Gasteiger partial charge in [-0.3, -0.25) is 0 Å². The Bertz CT molecular complexity index is 920. The van der Waals surface area contributed by atoms with Crippen LogP contribution in [-0.2, 0) is 6.42 Å². The van der Waals surface area contributed by atoms with E-state index >= 15 is 0 Å². The molecule has 1 heterocycles. The zero-order valence-electron chi connectivity index (χ0n) is 13.5. The van der Waals surface area contributed by atoms with Gasteiger partial charge in [0.15, 0.2) is 0 Å². The Balaban J connectivity index is 2.26. The molecule has 25 heavy (non-hydrogen) atoms. The fourth-order valence-corrected chi connectivity index (χ4v) is 3.29. The van der Waals surface area contributed by atoms with Crippen LogP contribution in [0.2, 0.25) is 5.02 Å². The normalized spacial score (nSPS) is 10.8. The first-order valence-corrected chi connectivity index (χ1v) is 9.05. The second kappa shape index (κ2) is 7.42. The minimum atomic E-state index is -0.977. The maximum Gasteiger partial charge on any atom is 0.339 e. The zero-order valence-corrected chi connectivity index (χ0v) is 15.9. The van der Waals surface area contributed by atoms with Crippen LogP contribution in [0.3, 0.4) is 0 Å². The number of aromatic carboxylic acids is 1. The molecule has 0 aliphatic rings. The summed E-state index contributed by atoms with van der Waals surface area (Å²) in [5, 5.41) is 15.0. The summed E-state index contributed by atoms with van der Waals surface area (Å²) in [7, 11) is 0. The smallest absolute Gasteiger partial charge is 0.339 e. The van der Waals surface area contributed by atoms with Crippen molar-refractivity contribution in [3.8, 4) is 16.9 Å². The summed E-state index contributed by atoms with van der Waals surface area (Å²) in [5.41, 5.74) is 2.93. The van der Waals surface area contributed by atoms with Gasteiger partial charge in [0.1, 0.15) is 11.3 Å². The molecular formula is C19H16BrClN2O2. The summed E-state index contributed by atoms with van der Waals surface area (Å²) in [6.45, 7) is 2.02. The summed E-state index contributed by atoms with van der Waals surface area (Å²) < 4.78 is 2.63. The number of hydrogen-bond donors (Lipinski definition) is 1. The maximum absolute atomic E-state index is 12.0. The number of carboxylic acid groups (broad SMARTS) is 1. The molecule has 0 saturated carbocycles. The number of nitrogens with zero attached hydrogens (tertiary/aromatic N) is 2. The predicted molar refractivity (Wildman–Crippen MR) is 103 cm³/mol. The number of aromatic nitrogens is 2. The van der Waals surface area contributed by atoms with Crippen molar-refractivity contribution in [2.24, 2.45) is 0 Å². The lowest BCUT2D eigenvalue weighted by Gasteiger charge is -2.07. The van der Waals surface area contributed by atoms with E-state index in [1.807, 2.05) is 31.2 Å². The van der Waals surface area contributed by atoms with Gasteiger partial charge < -0.3 is 5.11 Å². The minimum Gasteiger partial charge on any atom is -0.478 e. The number of hydrogen-bond acceptors (Lipinski definition) is 2. The van der Waals surface area contributed by atoms with Crippen LogP contribution in [-0.4, -0.2) is 20.9 Å². The molecule has 6 heteroatoms. The van der Waals surface area contributed by atoms with Crippen LogP contribution >= 0.6 is 27.5 Å². The largest absolute Gasteiger partial charge is 0.478 e. The van der Waals surface area contributed by atoms with Gasteiger partial charge in [0.25, 0.3) is 0 Å². The van der Waals surface area contributed by atoms with Crippen LogP contribution in [0.5, 0.6) is 0 Å². The highest BCUT2D eigenvalue weighted by Gasteiger charge is 2.24. The van der Waals surface area contributed by atoms with Crippen LogP contribution in [0.15, 0.2) is 53.0 Å². The van der Waals surface area contributed by atoms with Crippen LogP contribution in [0.1, 0.15) is 29.4 Å². The summed E-state index contributed by atoms with van der Waals surface area (Å²) >= 11 is 9.41. The first kappa shape index (κ1) is 17.7. The molecule has 1 N–H and O–H groups in total. The lowest BCUT2D eigenvalue weighted by atomic mass is 10.0. The van der Waals surface area contributed by atoms with Gasteiger partial charge in [-0.25, -0.2) is 9.48 Å². The third-order valence-corrected chi connectivity index (χ3v) is 4.60. The Morgan fingerprint density at radius 3 is 2.56 bits per heavy atom.